The lowest BCUT2D eigenvalue weighted by Gasteiger charge is -2.34. The third-order valence-electron chi connectivity index (χ3n) is 3.45. The number of rotatable bonds is 0. The van der Waals surface area contributed by atoms with Crippen molar-refractivity contribution in [2.45, 2.75) is 19.3 Å². The van der Waals surface area contributed by atoms with Gasteiger partial charge in [0.2, 0.25) is 0 Å². The normalized spacial score (nSPS) is 15.6. The van der Waals surface area contributed by atoms with E-state index < -0.39 is 0 Å². The Kier molecular flexibility index (Phi) is 2.94. The van der Waals surface area contributed by atoms with Crippen molar-refractivity contribution in [1.82, 2.24) is 0 Å². The van der Waals surface area contributed by atoms with Crippen LogP contribution in [0.4, 0.5) is 0 Å². The Labute approximate surface area is 129 Å². The smallest absolute Gasteiger partial charge is 0.132 e. The van der Waals surface area contributed by atoms with Gasteiger partial charge in [-0.25, -0.2) is 0 Å². The average molecular weight is 415 g/mol. The maximum atomic E-state index is 6.02. The van der Waals surface area contributed by atoms with E-state index in [2.05, 4.69) is 82.7 Å². The molecule has 3 rings (SSSR count). The van der Waals surface area contributed by atoms with E-state index in [0.717, 1.165) is 16.0 Å². The van der Waals surface area contributed by atoms with Crippen LogP contribution in [-0.2, 0) is 5.41 Å². The Hall–Kier alpha value is -0.550. The van der Waals surface area contributed by atoms with Crippen molar-refractivity contribution in [3.05, 3.63) is 55.6 Å². The van der Waals surface area contributed by atoms with E-state index >= 15 is 0 Å². The van der Waals surface area contributed by atoms with E-state index in [4.69, 9.17) is 4.74 Å². The quantitative estimate of drug-likeness (QED) is 0.518. The van der Waals surface area contributed by atoms with Gasteiger partial charge in [0, 0.05) is 24.6 Å². The molecule has 2 aromatic carbocycles. The van der Waals surface area contributed by atoms with Crippen LogP contribution in [0.2, 0.25) is 0 Å². The first-order chi connectivity index (χ1) is 8.48. The summed E-state index contributed by atoms with van der Waals surface area (Å²) in [7, 11) is 0. The van der Waals surface area contributed by atoms with E-state index in [0.29, 0.717) is 0 Å². The highest BCUT2D eigenvalue weighted by molar-refractivity contribution is 14.1. The van der Waals surface area contributed by atoms with Gasteiger partial charge in [-0.1, -0.05) is 35.8 Å². The molecule has 0 bridgehead atoms. The van der Waals surface area contributed by atoms with E-state index in [1.54, 1.807) is 0 Å². The molecule has 1 nitrogen and oxygen atoms in total. The molecule has 0 saturated carbocycles. The van der Waals surface area contributed by atoms with Crippen LogP contribution < -0.4 is 4.74 Å². The molecular weight excluding hydrogens is 403 g/mol. The predicted octanol–water partition coefficient (Wildman–Crippen LogP) is 5.49. The maximum Gasteiger partial charge on any atom is 0.132 e. The Morgan fingerprint density at radius 2 is 1.78 bits per heavy atom. The summed E-state index contributed by atoms with van der Waals surface area (Å²) in [6.45, 7) is 4.49. The topological polar surface area (TPSA) is 9.23 Å². The maximum absolute atomic E-state index is 6.02. The summed E-state index contributed by atoms with van der Waals surface area (Å²) in [5.41, 5.74) is 2.47. The Balaban J connectivity index is 2.26. The van der Waals surface area contributed by atoms with E-state index in [-0.39, 0.29) is 5.41 Å². The Morgan fingerprint density at radius 3 is 2.56 bits per heavy atom. The van der Waals surface area contributed by atoms with Gasteiger partial charge in [0.25, 0.3) is 0 Å². The third kappa shape index (κ3) is 1.88. The van der Waals surface area contributed by atoms with Crippen LogP contribution in [0.25, 0.3) is 0 Å². The first-order valence-corrected chi connectivity index (χ1v) is 7.63. The van der Waals surface area contributed by atoms with E-state index in [1.807, 2.05) is 6.07 Å². The van der Waals surface area contributed by atoms with Gasteiger partial charge < -0.3 is 4.74 Å². The SMILES string of the molecule is CC1(C)c2ccc(Br)cc2Oc2ccc(I)cc21. The largest absolute Gasteiger partial charge is 0.457 e. The highest BCUT2D eigenvalue weighted by Gasteiger charge is 2.34. The molecule has 0 spiro atoms. The molecule has 18 heavy (non-hydrogen) atoms. The molecule has 1 aliphatic rings. The summed E-state index contributed by atoms with van der Waals surface area (Å²) in [6.07, 6.45) is 0. The molecule has 0 saturated heterocycles. The van der Waals surface area contributed by atoms with Gasteiger partial charge in [0.05, 0.1) is 0 Å². The summed E-state index contributed by atoms with van der Waals surface area (Å²) >= 11 is 5.84. The van der Waals surface area contributed by atoms with Crippen molar-refractivity contribution >= 4 is 38.5 Å². The summed E-state index contributed by atoms with van der Waals surface area (Å²) in [4.78, 5) is 0. The minimum Gasteiger partial charge on any atom is -0.457 e. The third-order valence-corrected chi connectivity index (χ3v) is 4.62. The number of halogens is 2. The van der Waals surface area contributed by atoms with Gasteiger partial charge >= 0.3 is 0 Å². The van der Waals surface area contributed by atoms with Crippen LogP contribution >= 0.6 is 38.5 Å². The first kappa shape index (κ1) is 12.5. The van der Waals surface area contributed by atoms with Crippen LogP contribution in [0.5, 0.6) is 11.5 Å². The zero-order valence-corrected chi connectivity index (χ0v) is 13.9. The van der Waals surface area contributed by atoms with Crippen molar-refractivity contribution in [2.24, 2.45) is 0 Å². The molecule has 0 aromatic heterocycles. The average Bonchev–Trinajstić information content (AvgIpc) is 2.30. The van der Waals surface area contributed by atoms with Crippen molar-refractivity contribution in [3.63, 3.8) is 0 Å². The molecule has 0 fully saturated rings. The van der Waals surface area contributed by atoms with Crippen molar-refractivity contribution < 1.29 is 4.74 Å². The Bertz CT molecular complexity index is 634. The zero-order valence-electron chi connectivity index (χ0n) is 10.1. The van der Waals surface area contributed by atoms with Gasteiger partial charge in [0.1, 0.15) is 11.5 Å². The van der Waals surface area contributed by atoms with Crippen LogP contribution in [0, 0.1) is 3.57 Å². The van der Waals surface area contributed by atoms with Crippen molar-refractivity contribution in [2.75, 3.05) is 0 Å². The fraction of sp³-hybridized carbons (Fsp3) is 0.200. The molecule has 2 aromatic rings. The highest BCUT2D eigenvalue weighted by atomic mass is 127. The van der Waals surface area contributed by atoms with Gasteiger partial charge in [-0.3, -0.25) is 0 Å². The summed E-state index contributed by atoms with van der Waals surface area (Å²) in [5, 5.41) is 0. The number of fused-ring (bicyclic) bond motifs is 2. The monoisotopic (exact) mass is 414 g/mol. The number of ether oxygens (including phenoxy) is 1. The molecule has 0 radical (unpaired) electrons. The second kappa shape index (κ2) is 4.23. The number of benzene rings is 2. The van der Waals surface area contributed by atoms with Crippen LogP contribution in [0.15, 0.2) is 40.9 Å². The second-order valence-corrected chi connectivity index (χ2v) is 7.17. The molecule has 1 heterocycles. The van der Waals surface area contributed by atoms with E-state index in [9.17, 15) is 0 Å². The minimum atomic E-state index is -0.0230. The van der Waals surface area contributed by atoms with Crippen molar-refractivity contribution in [3.8, 4) is 11.5 Å². The van der Waals surface area contributed by atoms with Crippen molar-refractivity contribution in [1.29, 1.82) is 0 Å². The van der Waals surface area contributed by atoms with E-state index in [1.165, 1.54) is 14.7 Å². The lowest BCUT2D eigenvalue weighted by molar-refractivity contribution is 0.417. The van der Waals surface area contributed by atoms with Crippen LogP contribution in [0.3, 0.4) is 0 Å². The summed E-state index contributed by atoms with van der Waals surface area (Å²) < 4.78 is 8.30. The molecule has 0 atom stereocenters. The Morgan fingerprint density at radius 1 is 1.00 bits per heavy atom. The van der Waals surface area contributed by atoms with Crippen LogP contribution in [0.1, 0.15) is 25.0 Å². The summed E-state index contributed by atoms with van der Waals surface area (Å²) in [6, 6.07) is 12.6. The molecular formula is C15H12BrIO. The number of hydrogen-bond acceptors (Lipinski definition) is 1. The van der Waals surface area contributed by atoms with Crippen LogP contribution in [-0.4, -0.2) is 0 Å². The van der Waals surface area contributed by atoms with Gasteiger partial charge in [0.15, 0.2) is 0 Å². The molecule has 0 unspecified atom stereocenters. The second-order valence-electron chi connectivity index (χ2n) is 5.01. The number of hydrogen-bond donors (Lipinski definition) is 0. The predicted molar refractivity (Wildman–Crippen MR) is 85.5 cm³/mol. The molecule has 1 aliphatic heterocycles. The molecule has 0 N–H and O–H groups in total. The molecule has 0 aliphatic carbocycles. The fourth-order valence-corrected chi connectivity index (χ4v) is 3.27. The van der Waals surface area contributed by atoms with Gasteiger partial charge in [-0.05, 0) is 52.9 Å². The van der Waals surface area contributed by atoms with Gasteiger partial charge in [-0.2, -0.15) is 0 Å². The van der Waals surface area contributed by atoms with Gasteiger partial charge in [-0.15, -0.1) is 0 Å². The standard InChI is InChI=1S/C15H12BrIO/c1-15(2)11-5-3-9(16)7-14(11)18-13-6-4-10(17)8-12(13)15/h3-8H,1-2H3. The molecule has 0 amide bonds. The lowest BCUT2D eigenvalue weighted by Crippen LogP contribution is -2.24. The summed E-state index contributed by atoms with van der Waals surface area (Å²) in [5.74, 6) is 1.91. The lowest BCUT2D eigenvalue weighted by atomic mass is 9.76. The first-order valence-electron chi connectivity index (χ1n) is 5.76. The minimum absolute atomic E-state index is 0.0230. The fourth-order valence-electron chi connectivity index (χ4n) is 2.44. The molecule has 92 valence electrons. The zero-order chi connectivity index (χ0) is 12.9. The molecule has 3 heteroatoms. The highest BCUT2D eigenvalue weighted by Crippen LogP contribution is 2.48.